The van der Waals surface area contributed by atoms with Crippen LogP contribution in [-0.2, 0) is 27.2 Å². The Balaban J connectivity index is 1.26. The van der Waals surface area contributed by atoms with E-state index in [9.17, 15) is 19.2 Å². The fourth-order valence-corrected chi connectivity index (χ4v) is 8.28. The minimum absolute atomic E-state index is 0.0120. The van der Waals surface area contributed by atoms with Gasteiger partial charge in [0.25, 0.3) is 11.8 Å². The number of amides is 3. The van der Waals surface area contributed by atoms with Crippen LogP contribution < -0.4 is 20.7 Å². The number of hydrogen-bond acceptors (Lipinski definition) is 8. The second-order valence-corrected chi connectivity index (χ2v) is 14.2. The maximum Gasteiger partial charge on any atom is 0.341 e. The number of ether oxygens (including phenoxy) is 2. The van der Waals surface area contributed by atoms with E-state index in [-0.39, 0.29) is 11.6 Å². The van der Waals surface area contributed by atoms with Gasteiger partial charge in [-0.25, -0.2) is 4.79 Å². The third-order valence-corrected chi connectivity index (χ3v) is 10.9. The summed E-state index contributed by atoms with van der Waals surface area (Å²) < 4.78 is 10.6. The predicted octanol–water partition coefficient (Wildman–Crippen LogP) is 8.30. The molecular formula is C41H37N3O6S2. The molecule has 264 valence electrons. The van der Waals surface area contributed by atoms with Crippen molar-refractivity contribution in [1.29, 1.82) is 0 Å². The third kappa shape index (κ3) is 8.62. The molecule has 4 aromatic carbocycles. The van der Waals surface area contributed by atoms with Gasteiger partial charge in [-0.1, -0.05) is 72.8 Å². The summed E-state index contributed by atoms with van der Waals surface area (Å²) in [6.45, 7) is 0. The molecule has 1 heterocycles. The van der Waals surface area contributed by atoms with Crippen molar-refractivity contribution < 1.29 is 28.7 Å². The van der Waals surface area contributed by atoms with Crippen molar-refractivity contribution in [2.75, 3.05) is 24.9 Å². The summed E-state index contributed by atoms with van der Waals surface area (Å²) in [5.41, 5.74) is 3.64. The zero-order valence-electron chi connectivity index (χ0n) is 28.6. The molecule has 5 aromatic rings. The topological polar surface area (TPSA) is 123 Å². The number of anilines is 2. The number of nitrogens with one attached hydrogen (secondary N) is 3. The van der Waals surface area contributed by atoms with E-state index in [1.165, 1.54) is 37.3 Å². The molecule has 0 radical (unpaired) electrons. The van der Waals surface area contributed by atoms with Crippen LogP contribution in [0, 0.1) is 0 Å². The van der Waals surface area contributed by atoms with E-state index in [4.69, 9.17) is 9.47 Å². The molecule has 0 fully saturated rings. The lowest BCUT2D eigenvalue weighted by Crippen LogP contribution is -2.30. The quantitative estimate of drug-likeness (QED) is 0.0671. The number of fused-ring (bicyclic) bond motifs is 1. The van der Waals surface area contributed by atoms with Crippen molar-refractivity contribution in [3.8, 4) is 5.75 Å². The molecule has 1 unspecified atom stereocenters. The lowest BCUT2D eigenvalue weighted by molar-refractivity contribution is -0.116. The molecule has 1 aliphatic rings. The maximum absolute atomic E-state index is 14.1. The number of thioether (sulfide) groups is 1. The van der Waals surface area contributed by atoms with Crippen molar-refractivity contribution in [3.63, 3.8) is 0 Å². The van der Waals surface area contributed by atoms with Crippen LogP contribution in [0.2, 0.25) is 0 Å². The summed E-state index contributed by atoms with van der Waals surface area (Å²) in [4.78, 5) is 55.7. The molecule has 3 amide bonds. The zero-order chi connectivity index (χ0) is 36.5. The van der Waals surface area contributed by atoms with Gasteiger partial charge in [0.1, 0.15) is 21.7 Å². The predicted molar refractivity (Wildman–Crippen MR) is 206 cm³/mol. The fraction of sp³-hybridized carbons (Fsp3) is 0.171. The van der Waals surface area contributed by atoms with Gasteiger partial charge in [0.15, 0.2) is 0 Å². The SMILES string of the molecule is COC(=O)c1c(NC(=O)C(Sc2cccc(NC(=O)/C(=C\c3ccccc3OC)NC(=O)c3ccccc3)c2)c2ccccc2)sc2c1CCCC2. The number of carbonyl (C=O) groups excluding carboxylic acids is 4. The third-order valence-electron chi connectivity index (χ3n) is 8.45. The van der Waals surface area contributed by atoms with E-state index in [2.05, 4.69) is 16.0 Å². The van der Waals surface area contributed by atoms with E-state index in [1.807, 2.05) is 48.5 Å². The van der Waals surface area contributed by atoms with Gasteiger partial charge in [0, 0.05) is 26.6 Å². The zero-order valence-corrected chi connectivity index (χ0v) is 30.3. The van der Waals surface area contributed by atoms with Crippen LogP contribution in [0.4, 0.5) is 10.7 Å². The van der Waals surface area contributed by atoms with Gasteiger partial charge in [-0.3, -0.25) is 14.4 Å². The summed E-state index contributed by atoms with van der Waals surface area (Å²) in [5, 5.41) is 8.53. The van der Waals surface area contributed by atoms with Gasteiger partial charge in [0.05, 0.1) is 19.8 Å². The number of methoxy groups -OCH3 is 2. The Hall–Kier alpha value is -5.65. The van der Waals surface area contributed by atoms with Crippen molar-refractivity contribution in [1.82, 2.24) is 5.32 Å². The Morgan fingerprint density at radius 1 is 0.808 bits per heavy atom. The molecule has 9 nitrogen and oxygen atoms in total. The molecule has 1 aliphatic carbocycles. The van der Waals surface area contributed by atoms with Gasteiger partial charge in [0.2, 0.25) is 5.91 Å². The van der Waals surface area contributed by atoms with Crippen LogP contribution in [0.15, 0.2) is 120 Å². The number of rotatable bonds is 12. The highest BCUT2D eigenvalue weighted by Gasteiger charge is 2.30. The van der Waals surface area contributed by atoms with Gasteiger partial charge in [-0.05, 0) is 79.3 Å². The number of carbonyl (C=O) groups is 4. The number of benzene rings is 4. The fourth-order valence-electron chi connectivity index (χ4n) is 5.92. The second-order valence-electron chi connectivity index (χ2n) is 11.9. The first-order valence-corrected chi connectivity index (χ1v) is 18.4. The minimum atomic E-state index is -0.692. The molecule has 3 N–H and O–H groups in total. The standard InChI is InChI=1S/C41H37N3O6S2/c1-49-33-22-11-9-18-28(33)24-32(43-37(45)27-16-7-4-8-17-27)38(46)42-29-19-13-20-30(25-29)51-36(26-14-5-3-6-15-26)39(47)44-40-35(41(48)50-2)31-21-10-12-23-34(31)52-40/h3-9,11,13-20,22,24-25,36H,10,12,21,23H2,1-2H3,(H,42,46)(H,43,45)(H,44,47)/b32-24+. The summed E-state index contributed by atoms with van der Waals surface area (Å²) in [6, 6.07) is 32.3. The van der Waals surface area contributed by atoms with E-state index in [0.717, 1.165) is 41.7 Å². The lowest BCUT2D eigenvalue weighted by Gasteiger charge is -2.18. The van der Waals surface area contributed by atoms with Crippen LogP contribution in [0.1, 0.15) is 60.4 Å². The summed E-state index contributed by atoms with van der Waals surface area (Å²) in [6.07, 6.45) is 5.21. The number of para-hydroxylation sites is 1. The smallest absolute Gasteiger partial charge is 0.341 e. The average Bonchev–Trinajstić information content (AvgIpc) is 3.55. The first-order valence-electron chi connectivity index (χ1n) is 16.7. The second kappa shape index (κ2) is 17.0. The van der Waals surface area contributed by atoms with E-state index in [0.29, 0.717) is 38.0 Å². The number of aryl methyl sites for hydroxylation is 1. The van der Waals surface area contributed by atoms with E-state index < -0.39 is 23.0 Å². The van der Waals surface area contributed by atoms with Gasteiger partial charge in [-0.2, -0.15) is 0 Å². The Kier molecular flexibility index (Phi) is 11.8. The highest BCUT2D eigenvalue weighted by molar-refractivity contribution is 8.00. The van der Waals surface area contributed by atoms with Crippen LogP contribution in [-0.4, -0.2) is 37.9 Å². The molecule has 6 rings (SSSR count). The van der Waals surface area contributed by atoms with E-state index >= 15 is 0 Å². The molecule has 0 saturated carbocycles. The Morgan fingerprint density at radius 3 is 2.27 bits per heavy atom. The maximum atomic E-state index is 14.1. The highest BCUT2D eigenvalue weighted by atomic mass is 32.2. The number of thiophene rings is 1. The number of esters is 1. The molecule has 0 bridgehead atoms. The molecule has 0 saturated heterocycles. The summed E-state index contributed by atoms with van der Waals surface area (Å²) in [7, 11) is 2.89. The normalized spacial score (nSPS) is 12.9. The van der Waals surface area contributed by atoms with Crippen LogP contribution in [0.5, 0.6) is 5.75 Å². The van der Waals surface area contributed by atoms with Crippen LogP contribution in [0.3, 0.4) is 0 Å². The molecule has 1 aromatic heterocycles. The minimum Gasteiger partial charge on any atom is -0.496 e. The summed E-state index contributed by atoms with van der Waals surface area (Å²) >= 11 is 2.75. The Morgan fingerprint density at radius 2 is 1.52 bits per heavy atom. The van der Waals surface area contributed by atoms with Gasteiger partial charge in [-0.15, -0.1) is 23.1 Å². The molecule has 0 spiro atoms. The van der Waals surface area contributed by atoms with Crippen molar-refractivity contribution in [3.05, 3.63) is 148 Å². The van der Waals surface area contributed by atoms with Crippen LogP contribution >= 0.6 is 23.1 Å². The Labute approximate surface area is 310 Å². The molecular weight excluding hydrogens is 695 g/mol. The number of hydrogen-bond donors (Lipinski definition) is 3. The lowest BCUT2D eigenvalue weighted by atomic mass is 9.95. The molecule has 1 atom stereocenters. The van der Waals surface area contributed by atoms with Crippen molar-refractivity contribution in [2.45, 2.75) is 35.8 Å². The molecule has 52 heavy (non-hydrogen) atoms. The van der Waals surface area contributed by atoms with E-state index in [1.54, 1.807) is 66.7 Å². The average molecular weight is 732 g/mol. The monoisotopic (exact) mass is 731 g/mol. The largest absolute Gasteiger partial charge is 0.496 e. The highest BCUT2D eigenvalue weighted by Crippen LogP contribution is 2.41. The first kappa shape index (κ1) is 36.2. The Bertz CT molecular complexity index is 2110. The summed E-state index contributed by atoms with van der Waals surface area (Å²) in [5.74, 6) is -1.21. The first-order chi connectivity index (χ1) is 25.3. The van der Waals surface area contributed by atoms with Gasteiger partial charge >= 0.3 is 5.97 Å². The molecule has 0 aliphatic heterocycles. The van der Waals surface area contributed by atoms with Crippen molar-refractivity contribution in [2.24, 2.45) is 0 Å². The van der Waals surface area contributed by atoms with Crippen molar-refractivity contribution >= 4 is 63.6 Å². The molecule has 11 heteroatoms. The van der Waals surface area contributed by atoms with Gasteiger partial charge < -0.3 is 25.4 Å². The van der Waals surface area contributed by atoms with Crippen LogP contribution in [0.25, 0.3) is 6.08 Å².